The van der Waals surface area contributed by atoms with Gasteiger partial charge in [-0.15, -0.1) is 0 Å². The molecule has 1 heterocycles. The Morgan fingerprint density at radius 2 is 2.06 bits per heavy atom. The van der Waals surface area contributed by atoms with E-state index < -0.39 is 12.0 Å². The summed E-state index contributed by atoms with van der Waals surface area (Å²) < 4.78 is 5.21. The number of carbonyl (C=O) groups excluding carboxylic acids is 1. The predicted octanol–water partition coefficient (Wildman–Crippen LogP) is 1.98. The van der Waals surface area contributed by atoms with Crippen LogP contribution in [0.5, 0.6) is 0 Å². The molecule has 4 heteroatoms. The first kappa shape index (κ1) is 11.6. The SMILES string of the molecule is O=C1CCOC[C@H]1[C@@H](O)c1ccc(Cl)cc1. The molecule has 0 saturated carbocycles. The molecule has 1 N–H and O–H groups in total. The first-order chi connectivity index (χ1) is 7.68. The molecular weight excluding hydrogens is 228 g/mol. The zero-order valence-electron chi connectivity index (χ0n) is 8.73. The Kier molecular flexibility index (Phi) is 3.59. The Morgan fingerprint density at radius 1 is 1.38 bits per heavy atom. The number of Topliss-reactive ketones (excluding diaryl/α,β-unsaturated/α-hetero) is 1. The van der Waals surface area contributed by atoms with E-state index in [2.05, 4.69) is 0 Å². The summed E-state index contributed by atoms with van der Waals surface area (Å²) in [5, 5.41) is 10.7. The number of aliphatic hydroxyl groups excluding tert-OH is 1. The second-order valence-electron chi connectivity index (χ2n) is 3.89. The first-order valence-corrected chi connectivity index (χ1v) is 5.60. The number of rotatable bonds is 2. The summed E-state index contributed by atoms with van der Waals surface area (Å²) in [6, 6.07) is 6.87. The maximum absolute atomic E-state index is 11.6. The quantitative estimate of drug-likeness (QED) is 0.860. The minimum absolute atomic E-state index is 0.0636. The molecule has 1 aliphatic rings. The lowest BCUT2D eigenvalue weighted by atomic mass is 9.90. The molecule has 0 spiro atoms. The minimum atomic E-state index is -0.801. The highest BCUT2D eigenvalue weighted by molar-refractivity contribution is 6.30. The molecule has 16 heavy (non-hydrogen) atoms. The van der Waals surface area contributed by atoms with Gasteiger partial charge >= 0.3 is 0 Å². The van der Waals surface area contributed by atoms with Gasteiger partial charge in [0, 0.05) is 11.4 Å². The predicted molar refractivity (Wildman–Crippen MR) is 60.3 cm³/mol. The normalized spacial score (nSPS) is 23.1. The van der Waals surface area contributed by atoms with Crippen molar-refractivity contribution in [2.24, 2.45) is 5.92 Å². The molecule has 2 atom stereocenters. The third-order valence-corrected chi connectivity index (χ3v) is 3.05. The molecular formula is C12H13ClO3. The van der Waals surface area contributed by atoms with Crippen molar-refractivity contribution in [3.8, 4) is 0 Å². The van der Waals surface area contributed by atoms with Gasteiger partial charge < -0.3 is 9.84 Å². The average Bonchev–Trinajstić information content (AvgIpc) is 2.30. The van der Waals surface area contributed by atoms with E-state index in [1.807, 2.05) is 0 Å². The van der Waals surface area contributed by atoms with Gasteiger partial charge in [-0.05, 0) is 17.7 Å². The maximum Gasteiger partial charge on any atom is 0.143 e. The van der Waals surface area contributed by atoms with E-state index >= 15 is 0 Å². The third kappa shape index (κ3) is 2.43. The molecule has 0 bridgehead atoms. The van der Waals surface area contributed by atoms with Crippen LogP contribution in [0.1, 0.15) is 18.1 Å². The number of aliphatic hydroxyl groups is 1. The van der Waals surface area contributed by atoms with Crippen molar-refractivity contribution < 1.29 is 14.6 Å². The van der Waals surface area contributed by atoms with E-state index in [-0.39, 0.29) is 5.78 Å². The number of ketones is 1. The molecule has 0 aliphatic carbocycles. The fraction of sp³-hybridized carbons (Fsp3) is 0.417. The van der Waals surface area contributed by atoms with Crippen LogP contribution >= 0.6 is 11.6 Å². The lowest BCUT2D eigenvalue weighted by Gasteiger charge is -2.25. The highest BCUT2D eigenvalue weighted by Gasteiger charge is 2.30. The summed E-state index contributed by atoms with van der Waals surface area (Å²) in [6.45, 7) is 0.755. The number of benzene rings is 1. The van der Waals surface area contributed by atoms with E-state index in [0.717, 1.165) is 0 Å². The average molecular weight is 241 g/mol. The molecule has 1 aliphatic heterocycles. The van der Waals surface area contributed by atoms with Gasteiger partial charge in [0.2, 0.25) is 0 Å². The van der Waals surface area contributed by atoms with Crippen LogP contribution in [0.25, 0.3) is 0 Å². The largest absolute Gasteiger partial charge is 0.388 e. The molecule has 0 amide bonds. The van der Waals surface area contributed by atoms with Crippen molar-refractivity contribution in [1.82, 2.24) is 0 Å². The zero-order chi connectivity index (χ0) is 11.5. The van der Waals surface area contributed by atoms with Gasteiger partial charge in [-0.3, -0.25) is 4.79 Å². The van der Waals surface area contributed by atoms with Crippen LogP contribution in [0.3, 0.4) is 0 Å². The molecule has 0 aromatic heterocycles. The monoisotopic (exact) mass is 240 g/mol. The van der Waals surface area contributed by atoms with E-state index in [1.54, 1.807) is 24.3 Å². The van der Waals surface area contributed by atoms with Gasteiger partial charge in [0.15, 0.2) is 0 Å². The van der Waals surface area contributed by atoms with Crippen LogP contribution in [0.15, 0.2) is 24.3 Å². The standard InChI is InChI=1S/C12H13ClO3/c13-9-3-1-8(2-4-9)12(15)10-7-16-6-5-11(10)14/h1-4,10,12,15H,5-7H2/t10-,12+/m1/s1. The van der Waals surface area contributed by atoms with Gasteiger partial charge in [0.1, 0.15) is 5.78 Å². The smallest absolute Gasteiger partial charge is 0.143 e. The summed E-state index contributed by atoms with van der Waals surface area (Å²) in [5.41, 5.74) is 0.702. The van der Waals surface area contributed by atoms with E-state index in [4.69, 9.17) is 16.3 Å². The van der Waals surface area contributed by atoms with Gasteiger partial charge in [0.25, 0.3) is 0 Å². The lowest BCUT2D eigenvalue weighted by molar-refractivity contribution is -0.136. The minimum Gasteiger partial charge on any atom is -0.388 e. The van der Waals surface area contributed by atoms with Crippen LogP contribution in [0.2, 0.25) is 5.02 Å². The highest BCUT2D eigenvalue weighted by Crippen LogP contribution is 2.27. The summed E-state index contributed by atoms with van der Waals surface area (Å²) in [7, 11) is 0. The van der Waals surface area contributed by atoms with Crippen LogP contribution < -0.4 is 0 Å². The fourth-order valence-corrected chi connectivity index (χ4v) is 1.95. The van der Waals surface area contributed by atoms with Crippen molar-refractivity contribution in [3.63, 3.8) is 0 Å². The Hall–Kier alpha value is -0.900. The number of hydrogen-bond donors (Lipinski definition) is 1. The van der Waals surface area contributed by atoms with Gasteiger partial charge in [0.05, 0.1) is 25.2 Å². The Balaban J connectivity index is 2.14. The molecule has 0 radical (unpaired) electrons. The molecule has 2 rings (SSSR count). The van der Waals surface area contributed by atoms with Crippen molar-refractivity contribution in [1.29, 1.82) is 0 Å². The summed E-state index contributed by atoms with van der Waals surface area (Å²) >= 11 is 5.76. The number of carbonyl (C=O) groups is 1. The molecule has 1 aromatic carbocycles. The van der Waals surface area contributed by atoms with E-state index in [0.29, 0.717) is 30.2 Å². The highest BCUT2D eigenvalue weighted by atomic mass is 35.5. The molecule has 0 unspecified atom stereocenters. The third-order valence-electron chi connectivity index (χ3n) is 2.80. The fourth-order valence-electron chi connectivity index (χ4n) is 1.82. The van der Waals surface area contributed by atoms with E-state index in [1.165, 1.54) is 0 Å². The van der Waals surface area contributed by atoms with Crippen LogP contribution in [0, 0.1) is 5.92 Å². The maximum atomic E-state index is 11.6. The second-order valence-corrected chi connectivity index (χ2v) is 4.33. The van der Waals surface area contributed by atoms with E-state index in [9.17, 15) is 9.90 Å². The molecule has 1 aromatic rings. The van der Waals surface area contributed by atoms with Crippen molar-refractivity contribution in [2.45, 2.75) is 12.5 Å². The van der Waals surface area contributed by atoms with Crippen LogP contribution in [-0.2, 0) is 9.53 Å². The molecule has 1 fully saturated rings. The Bertz CT molecular complexity index is 374. The van der Waals surface area contributed by atoms with Gasteiger partial charge in [-0.25, -0.2) is 0 Å². The number of ether oxygens (including phenoxy) is 1. The van der Waals surface area contributed by atoms with Crippen LogP contribution in [-0.4, -0.2) is 24.1 Å². The van der Waals surface area contributed by atoms with Crippen LogP contribution in [0.4, 0.5) is 0 Å². The van der Waals surface area contributed by atoms with Gasteiger partial charge in [-0.1, -0.05) is 23.7 Å². The molecule has 1 saturated heterocycles. The lowest BCUT2D eigenvalue weighted by Crippen LogP contribution is -2.32. The second kappa shape index (κ2) is 4.95. The number of hydrogen-bond acceptors (Lipinski definition) is 3. The summed E-state index contributed by atoms with van der Waals surface area (Å²) in [5.74, 6) is -0.386. The molecule has 3 nitrogen and oxygen atoms in total. The Morgan fingerprint density at radius 3 is 2.69 bits per heavy atom. The molecule has 86 valence electrons. The zero-order valence-corrected chi connectivity index (χ0v) is 9.48. The summed E-state index contributed by atoms with van der Waals surface area (Å²) in [4.78, 5) is 11.6. The first-order valence-electron chi connectivity index (χ1n) is 5.22. The summed E-state index contributed by atoms with van der Waals surface area (Å²) in [6.07, 6.45) is -0.417. The Labute approximate surface area is 99.0 Å². The van der Waals surface area contributed by atoms with Gasteiger partial charge in [-0.2, -0.15) is 0 Å². The topological polar surface area (TPSA) is 46.5 Å². The number of halogens is 1. The van der Waals surface area contributed by atoms with Crippen molar-refractivity contribution in [3.05, 3.63) is 34.9 Å². The van der Waals surface area contributed by atoms with Crippen molar-refractivity contribution >= 4 is 17.4 Å². The van der Waals surface area contributed by atoms with Crippen molar-refractivity contribution in [2.75, 3.05) is 13.2 Å².